The fourth-order valence-corrected chi connectivity index (χ4v) is 3.47. The number of halogens is 1. The van der Waals surface area contributed by atoms with Gasteiger partial charge in [0.25, 0.3) is 0 Å². The Bertz CT molecular complexity index is 462. The van der Waals surface area contributed by atoms with Crippen LogP contribution in [0.1, 0.15) is 13.3 Å². The molecule has 0 aliphatic carbocycles. The molecule has 0 amide bonds. The number of sulfonamides is 1. The monoisotopic (exact) mass is 277 g/mol. The van der Waals surface area contributed by atoms with Crippen LogP contribution >= 0.6 is 11.6 Å². The van der Waals surface area contributed by atoms with E-state index in [-0.39, 0.29) is 16.5 Å². The number of hydrogen-bond donors (Lipinski definition) is 1. The van der Waals surface area contributed by atoms with Gasteiger partial charge >= 0.3 is 0 Å². The van der Waals surface area contributed by atoms with Gasteiger partial charge < -0.3 is 5.11 Å². The molecule has 6 heteroatoms. The van der Waals surface area contributed by atoms with Crippen LogP contribution in [0.2, 0.25) is 5.02 Å². The summed E-state index contributed by atoms with van der Waals surface area (Å²) in [5.74, 6) is 0. The van der Waals surface area contributed by atoms with Gasteiger partial charge in [-0.15, -0.1) is 0 Å². The smallest absolute Gasteiger partial charge is 0.244 e. The Morgan fingerprint density at radius 1 is 1.35 bits per heavy atom. The average molecular weight is 278 g/mol. The molecular formula is C11H16ClNO3S. The molecule has 4 nitrogen and oxygen atoms in total. The maximum atomic E-state index is 12.2. The Hall–Kier alpha value is -0.620. The van der Waals surface area contributed by atoms with Gasteiger partial charge in [0.05, 0.1) is 5.02 Å². The molecule has 96 valence electrons. The first-order chi connectivity index (χ1) is 8.04. The Morgan fingerprint density at radius 2 is 2.00 bits per heavy atom. The average Bonchev–Trinajstić information content (AvgIpc) is 2.30. The van der Waals surface area contributed by atoms with Crippen molar-refractivity contribution >= 4 is 21.6 Å². The number of hydrogen-bond acceptors (Lipinski definition) is 3. The van der Waals surface area contributed by atoms with E-state index in [9.17, 15) is 8.42 Å². The first kappa shape index (κ1) is 14.4. The number of rotatable bonds is 6. The highest BCUT2D eigenvalue weighted by molar-refractivity contribution is 7.89. The molecule has 0 saturated heterocycles. The van der Waals surface area contributed by atoms with E-state index in [1.54, 1.807) is 25.1 Å². The topological polar surface area (TPSA) is 57.6 Å². The van der Waals surface area contributed by atoms with Gasteiger partial charge in [-0.2, -0.15) is 4.31 Å². The van der Waals surface area contributed by atoms with E-state index in [1.165, 1.54) is 10.4 Å². The fourth-order valence-electron chi connectivity index (χ4n) is 1.49. The highest BCUT2D eigenvalue weighted by atomic mass is 35.5. The molecular weight excluding hydrogens is 262 g/mol. The molecule has 17 heavy (non-hydrogen) atoms. The van der Waals surface area contributed by atoms with E-state index in [0.29, 0.717) is 19.5 Å². The second-order valence-corrected chi connectivity index (χ2v) is 5.82. The standard InChI is InChI=1S/C11H16ClNO3S/c1-2-13(8-5-9-14)17(15,16)11-7-4-3-6-10(11)12/h3-4,6-7,14H,2,5,8-9H2,1H3. The molecule has 0 bridgehead atoms. The summed E-state index contributed by atoms with van der Waals surface area (Å²) >= 11 is 5.89. The van der Waals surface area contributed by atoms with Crippen molar-refractivity contribution < 1.29 is 13.5 Å². The predicted molar refractivity (Wildman–Crippen MR) is 67.6 cm³/mol. The molecule has 0 heterocycles. The zero-order valence-electron chi connectivity index (χ0n) is 9.63. The minimum absolute atomic E-state index is 0.0332. The van der Waals surface area contributed by atoms with Crippen molar-refractivity contribution in [2.75, 3.05) is 19.7 Å². The summed E-state index contributed by atoms with van der Waals surface area (Å²) in [5, 5.41) is 8.97. The molecule has 1 aromatic rings. The summed E-state index contributed by atoms with van der Waals surface area (Å²) in [4.78, 5) is 0.112. The van der Waals surface area contributed by atoms with Gasteiger partial charge in [-0.25, -0.2) is 8.42 Å². The maximum Gasteiger partial charge on any atom is 0.244 e. The lowest BCUT2D eigenvalue weighted by Gasteiger charge is -2.20. The van der Waals surface area contributed by atoms with Crippen molar-refractivity contribution in [1.82, 2.24) is 4.31 Å². The van der Waals surface area contributed by atoms with Gasteiger partial charge in [0.15, 0.2) is 0 Å². The van der Waals surface area contributed by atoms with E-state index in [4.69, 9.17) is 16.7 Å². The van der Waals surface area contributed by atoms with E-state index in [1.807, 2.05) is 0 Å². The van der Waals surface area contributed by atoms with Crippen molar-refractivity contribution in [1.29, 1.82) is 0 Å². The van der Waals surface area contributed by atoms with Gasteiger partial charge in [-0.05, 0) is 18.6 Å². The van der Waals surface area contributed by atoms with Crippen LogP contribution in [-0.4, -0.2) is 37.5 Å². The molecule has 0 atom stereocenters. The van der Waals surface area contributed by atoms with Crippen LogP contribution in [0, 0.1) is 0 Å². The molecule has 1 aromatic carbocycles. The Labute approximate surface area is 107 Å². The Kier molecular flexibility index (Phi) is 5.39. The lowest BCUT2D eigenvalue weighted by molar-refractivity contribution is 0.271. The number of benzene rings is 1. The highest BCUT2D eigenvalue weighted by Gasteiger charge is 2.24. The molecule has 0 radical (unpaired) electrons. The third kappa shape index (κ3) is 3.42. The highest BCUT2D eigenvalue weighted by Crippen LogP contribution is 2.24. The quantitative estimate of drug-likeness (QED) is 0.862. The van der Waals surface area contributed by atoms with Crippen LogP contribution in [0.5, 0.6) is 0 Å². The Balaban J connectivity index is 3.05. The third-order valence-corrected chi connectivity index (χ3v) is 4.85. The van der Waals surface area contributed by atoms with E-state index in [2.05, 4.69) is 0 Å². The lowest BCUT2D eigenvalue weighted by Crippen LogP contribution is -2.32. The second kappa shape index (κ2) is 6.35. The van der Waals surface area contributed by atoms with Gasteiger partial charge in [-0.1, -0.05) is 30.7 Å². The van der Waals surface area contributed by atoms with Crippen molar-refractivity contribution in [3.8, 4) is 0 Å². The van der Waals surface area contributed by atoms with Gasteiger partial charge in [-0.3, -0.25) is 0 Å². The van der Waals surface area contributed by atoms with E-state index >= 15 is 0 Å². The molecule has 0 spiro atoms. The summed E-state index contributed by atoms with van der Waals surface area (Å²) in [6.45, 7) is 2.37. The molecule has 0 saturated carbocycles. The maximum absolute atomic E-state index is 12.2. The largest absolute Gasteiger partial charge is 0.396 e. The molecule has 0 aromatic heterocycles. The predicted octanol–water partition coefficient (Wildman–Crippen LogP) is 1.73. The Morgan fingerprint density at radius 3 is 2.53 bits per heavy atom. The van der Waals surface area contributed by atoms with Crippen LogP contribution in [0.4, 0.5) is 0 Å². The molecule has 0 unspecified atom stereocenters. The van der Waals surface area contributed by atoms with Gasteiger partial charge in [0.1, 0.15) is 4.90 Å². The van der Waals surface area contributed by atoms with Crippen LogP contribution in [0.25, 0.3) is 0 Å². The number of aliphatic hydroxyl groups is 1. The van der Waals surface area contributed by atoms with E-state index < -0.39 is 10.0 Å². The van der Waals surface area contributed by atoms with Crippen molar-refractivity contribution in [2.45, 2.75) is 18.2 Å². The van der Waals surface area contributed by atoms with Crippen molar-refractivity contribution in [2.24, 2.45) is 0 Å². The minimum Gasteiger partial charge on any atom is -0.396 e. The molecule has 1 N–H and O–H groups in total. The fraction of sp³-hybridized carbons (Fsp3) is 0.455. The minimum atomic E-state index is -3.56. The number of nitrogens with zero attached hydrogens (tertiary/aromatic N) is 1. The molecule has 0 aliphatic heterocycles. The first-order valence-electron chi connectivity index (χ1n) is 5.39. The second-order valence-electron chi connectivity index (χ2n) is 3.50. The molecule has 0 fully saturated rings. The van der Waals surface area contributed by atoms with Crippen LogP contribution in [0.3, 0.4) is 0 Å². The summed E-state index contributed by atoms with van der Waals surface area (Å²) in [5.41, 5.74) is 0. The first-order valence-corrected chi connectivity index (χ1v) is 7.21. The third-order valence-electron chi connectivity index (χ3n) is 2.37. The molecule has 1 rings (SSSR count). The van der Waals surface area contributed by atoms with Crippen LogP contribution < -0.4 is 0 Å². The van der Waals surface area contributed by atoms with E-state index in [0.717, 1.165) is 0 Å². The number of aliphatic hydroxyl groups excluding tert-OH is 1. The summed E-state index contributed by atoms with van der Waals surface area (Å²) in [7, 11) is -3.56. The summed E-state index contributed by atoms with van der Waals surface area (Å²) in [6.07, 6.45) is 0.414. The van der Waals surface area contributed by atoms with Crippen molar-refractivity contribution in [3.05, 3.63) is 29.3 Å². The lowest BCUT2D eigenvalue weighted by atomic mass is 10.4. The molecule has 0 aliphatic rings. The van der Waals surface area contributed by atoms with Crippen LogP contribution in [0.15, 0.2) is 29.2 Å². The zero-order valence-corrected chi connectivity index (χ0v) is 11.2. The zero-order chi connectivity index (χ0) is 12.9. The summed E-state index contributed by atoms with van der Waals surface area (Å²) < 4.78 is 25.8. The SMILES string of the molecule is CCN(CCCO)S(=O)(=O)c1ccccc1Cl. The van der Waals surface area contributed by atoms with Crippen LogP contribution in [-0.2, 0) is 10.0 Å². The van der Waals surface area contributed by atoms with Gasteiger partial charge in [0.2, 0.25) is 10.0 Å². The van der Waals surface area contributed by atoms with Crippen molar-refractivity contribution in [3.63, 3.8) is 0 Å². The normalized spacial score (nSPS) is 12.0. The summed E-state index contributed by atoms with van der Waals surface area (Å²) in [6, 6.07) is 6.36. The van der Waals surface area contributed by atoms with Gasteiger partial charge in [0, 0.05) is 19.7 Å².